The Balaban J connectivity index is 1.84. The molecular formula is C16H22FN3O. The van der Waals surface area contributed by atoms with Crippen LogP contribution in [0.25, 0.3) is 0 Å². The van der Waals surface area contributed by atoms with E-state index in [1.807, 2.05) is 11.8 Å². The van der Waals surface area contributed by atoms with E-state index >= 15 is 0 Å². The molecule has 0 bridgehead atoms. The smallest absolute Gasteiger partial charge is 0.241 e. The zero-order chi connectivity index (χ0) is 15.0. The molecule has 1 amide bonds. The molecule has 2 aliphatic rings. The molecule has 2 heterocycles. The van der Waals surface area contributed by atoms with Gasteiger partial charge >= 0.3 is 0 Å². The van der Waals surface area contributed by atoms with Crippen molar-refractivity contribution in [1.29, 1.82) is 0 Å². The summed E-state index contributed by atoms with van der Waals surface area (Å²) in [6.07, 6.45) is 1.85. The molecule has 4 nitrogen and oxygen atoms in total. The van der Waals surface area contributed by atoms with Crippen LogP contribution < -0.4 is 5.32 Å². The first kappa shape index (κ1) is 14.5. The van der Waals surface area contributed by atoms with Crippen molar-refractivity contribution in [3.63, 3.8) is 0 Å². The highest BCUT2D eigenvalue weighted by atomic mass is 19.1. The van der Waals surface area contributed by atoms with Gasteiger partial charge in [0.25, 0.3) is 0 Å². The Morgan fingerprint density at radius 3 is 2.43 bits per heavy atom. The molecule has 114 valence electrons. The molecule has 1 aromatic carbocycles. The van der Waals surface area contributed by atoms with E-state index in [4.69, 9.17) is 0 Å². The molecule has 2 unspecified atom stereocenters. The number of benzene rings is 1. The number of nitrogens with one attached hydrogen (secondary N) is 1. The maximum absolute atomic E-state index is 13.1. The zero-order valence-electron chi connectivity index (χ0n) is 12.6. The van der Waals surface area contributed by atoms with Crippen LogP contribution in [0, 0.1) is 5.82 Å². The van der Waals surface area contributed by atoms with E-state index < -0.39 is 0 Å². The number of carbonyl (C=O) groups excluding carboxylic acids is 1. The highest BCUT2D eigenvalue weighted by molar-refractivity contribution is 5.84. The van der Waals surface area contributed by atoms with Crippen molar-refractivity contribution >= 4 is 5.91 Å². The Bertz CT molecular complexity index is 511. The standard InChI is InChI=1S/C16H22FN3O/c1-11-16(21)20(14-7-9-19(2)10-8-14)15(18-11)12-3-5-13(17)6-4-12/h3-6,11,14-15,18H,7-10H2,1-2H3. The molecule has 1 aromatic rings. The van der Waals surface area contributed by atoms with Crippen LogP contribution in [-0.2, 0) is 4.79 Å². The van der Waals surface area contributed by atoms with Crippen molar-refractivity contribution < 1.29 is 9.18 Å². The first-order valence-corrected chi connectivity index (χ1v) is 7.58. The van der Waals surface area contributed by atoms with Gasteiger partial charge in [-0.15, -0.1) is 0 Å². The highest BCUT2D eigenvalue weighted by Gasteiger charge is 2.41. The summed E-state index contributed by atoms with van der Waals surface area (Å²) in [7, 11) is 2.11. The van der Waals surface area contributed by atoms with Crippen LogP contribution in [-0.4, -0.2) is 47.9 Å². The van der Waals surface area contributed by atoms with Crippen molar-refractivity contribution in [2.24, 2.45) is 0 Å². The summed E-state index contributed by atoms with van der Waals surface area (Å²) >= 11 is 0. The van der Waals surface area contributed by atoms with Crippen molar-refractivity contribution in [3.8, 4) is 0 Å². The maximum atomic E-state index is 13.1. The Hall–Kier alpha value is -1.46. The van der Waals surface area contributed by atoms with Crippen LogP contribution in [0.4, 0.5) is 4.39 Å². The molecule has 2 saturated heterocycles. The first-order valence-electron chi connectivity index (χ1n) is 7.58. The summed E-state index contributed by atoms with van der Waals surface area (Å²) in [5.41, 5.74) is 0.952. The Morgan fingerprint density at radius 1 is 1.19 bits per heavy atom. The van der Waals surface area contributed by atoms with Gasteiger partial charge in [0.15, 0.2) is 0 Å². The van der Waals surface area contributed by atoms with Gasteiger partial charge in [-0.1, -0.05) is 12.1 Å². The average Bonchev–Trinajstić information content (AvgIpc) is 2.77. The third-order valence-corrected chi connectivity index (χ3v) is 4.58. The van der Waals surface area contributed by atoms with E-state index in [1.54, 1.807) is 12.1 Å². The van der Waals surface area contributed by atoms with Crippen LogP contribution in [0.3, 0.4) is 0 Å². The number of rotatable bonds is 2. The molecule has 0 radical (unpaired) electrons. The number of likely N-dealkylation sites (tertiary alicyclic amines) is 1. The number of nitrogens with zero attached hydrogens (tertiary/aromatic N) is 2. The summed E-state index contributed by atoms with van der Waals surface area (Å²) in [5, 5.41) is 3.34. The number of piperidine rings is 1. The minimum Gasteiger partial charge on any atom is -0.318 e. The minimum absolute atomic E-state index is 0.137. The summed E-state index contributed by atoms with van der Waals surface area (Å²) in [4.78, 5) is 16.8. The van der Waals surface area contributed by atoms with Crippen LogP contribution >= 0.6 is 0 Å². The topological polar surface area (TPSA) is 35.6 Å². The van der Waals surface area contributed by atoms with Crippen molar-refractivity contribution in [2.45, 2.75) is 38.0 Å². The van der Waals surface area contributed by atoms with Gasteiger partial charge in [0.05, 0.1) is 6.04 Å². The van der Waals surface area contributed by atoms with Crippen LogP contribution in [0.5, 0.6) is 0 Å². The maximum Gasteiger partial charge on any atom is 0.241 e. The molecular weight excluding hydrogens is 269 g/mol. The normalized spacial score (nSPS) is 28.3. The molecule has 2 fully saturated rings. The van der Waals surface area contributed by atoms with Crippen molar-refractivity contribution in [2.75, 3.05) is 20.1 Å². The molecule has 5 heteroatoms. The van der Waals surface area contributed by atoms with Gasteiger partial charge in [0.2, 0.25) is 5.91 Å². The average molecular weight is 291 g/mol. The second kappa shape index (κ2) is 5.73. The molecule has 3 rings (SSSR count). The van der Waals surface area contributed by atoms with Gasteiger partial charge in [0, 0.05) is 6.04 Å². The lowest BCUT2D eigenvalue weighted by atomic mass is 10.0. The van der Waals surface area contributed by atoms with Gasteiger partial charge in [-0.3, -0.25) is 10.1 Å². The predicted molar refractivity (Wildman–Crippen MR) is 79.1 cm³/mol. The Morgan fingerprint density at radius 2 is 1.81 bits per heavy atom. The molecule has 0 aromatic heterocycles. The molecule has 0 saturated carbocycles. The van der Waals surface area contributed by atoms with Crippen LogP contribution in [0.1, 0.15) is 31.5 Å². The quantitative estimate of drug-likeness (QED) is 0.901. The van der Waals surface area contributed by atoms with E-state index in [2.05, 4.69) is 17.3 Å². The fourth-order valence-corrected chi connectivity index (χ4v) is 3.31. The predicted octanol–water partition coefficient (Wildman–Crippen LogP) is 1.74. The van der Waals surface area contributed by atoms with Gasteiger partial charge in [0.1, 0.15) is 12.0 Å². The van der Waals surface area contributed by atoms with Gasteiger partial charge in [-0.2, -0.15) is 0 Å². The number of carbonyl (C=O) groups is 1. The van der Waals surface area contributed by atoms with Crippen LogP contribution in [0.2, 0.25) is 0 Å². The van der Waals surface area contributed by atoms with E-state index in [1.165, 1.54) is 12.1 Å². The van der Waals surface area contributed by atoms with E-state index in [-0.39, 0.29) is 30.0 Å². The van der Waals surface area contributed by atoms with Crippen molar-refractivity contribution in [1.82, 2.24) is 15.1 Å². The lowest BCUT2D eigenvalue weighted by Crippen LogP contribution is -2.46. The lowest BCUT2D eigenvalue weighted by Gasteiger charge is -2.38. The van der Waals surface area contributed by atoms with Gasteiger partial charge in [-0.05, 0) is 57.6 Å². The fraction of sp³-hybridized carbons (Fsp3) is 0.562. The molecule has 0 spiro atoms. The van der Waals surface area contributed by atoms with E-state index in [0.717, 1.165) is 31.5 Å². The molecule has 21 heavy (non-hydrogen) atoms. The van der Waals surface area contributed by atoms with E-state index in [0.29, 0.717) is 0 Å². The number of amides is 1. The number of hydrogen-bond acceptors (Lipinski definition) is 3. The Labute approximate surface area is 124 Å². The lowest BCUT2D eigenvalue weighted by molar-refractivity contribution is -0.133. The minimum atomic E-state index is -0.248. The van der Waals surface area contributed by atoms with Gasteiger partial charge < -0.3 is 9.80 Å². The molecule has 0 aliphatic carbocycles. The van der Waals surface area contributed by atoms with Crippen LogP contribution in [0.15, 0.2) is 24.3 Å². The third kappa shape index (κ3) is 2.80. The fourth-order valence-electron chi connectivity index (χ4n) is 3.31. The SMILES string of the molecule is CC1NC(c2ccc(F)cc2)N(C2CCN(C)CC2)C1=O. The molecule has 2 atom stereocenters. The van der Waals surface area contributed by atoms with Gasteiger partial charge in [-0.25, -0.2) is 4.39 Å². The monoisotopic (exact) mass is 291 g/mol. The molecule has 2 aliphatic heterocycles. The summed E-state index contributed by atoms with van der Waals surface area (Å²) in [6.45, 7) is 3.92. The summed E-state index contributed by atoms with van der Waals surface area (Å²) in [5.74, 6) is -0.0964. The molecule has 1 N–H and O–H groups in total. The summed E-state index contributed by atoms with van der Waals surface area (Å²) < 4.78 is 13.1. The van der Waals surface area contributed by atoms with E-state index in [9.17, 15) is 9.18 Å². The summed E-state index contributed by atoms with van der Waals surface area (Å²) in [6, 6.07) is 6.52. The highest BCUT2D eigenvalue weighted by Crippen LogP contribution is 2.31. The second-order valence-electron chi connectivity index (χ2n) is 6.12. The second-order valence-corrected chi connectivity index (χ2v) is 6.12. The first-order chi connectivity index (χ1) is 10.1. The third-order valence-electron chi connectivity index (χ3n) is 4.58. The number of halogens is 1. The largest absolute Gasteiger partial charge is 0.318 e. The number of hydrogen-bond donors (Lipinski definition) is 1. The van der Waals surface area contributed by atoms with Crippen molar-refractivity contribution in [3.05, 3.63) is 35.6 Å². The Kier molecular flexibility index (Phi) is 3.95. The zero-order valence-corrected chi connectivity index (χ0v) is 12.6.